The molecule has 1 atom stereocenters. The van der Waals surface area contributed by atoms with Gasteiger partial charge >= 0.3 is 0 Å². The number of piperidine rings is 1. The van der Waals surface area contributed by atoms with E-state index in [9.17, 15) is 4.79 Å². The van der Waals surface area contributed by atoms with E-state index in [-0.39, 0.29) is 17.1 Å². The van der Waals surface area contributed by atoms with Crippen LogP contribution >= 0.6 is 0 Å². The standard InChI is InChI=1S/C36H41N3O/c1-25-6-7-28(22-26(25)2)24-39-20-16-36(4,17-21-39)34(30-8-11-32(37-5)12-9-30)35(40)33-13-10-31(23-27(33)3)29-14-18-38-19-15-29/h6-15,18-19,22-23,34,37H,16-17,20-21,24H2,1-5H3. The van der Waals surface area contributed by atoms with E-state index in [2.05, 4.69) is 97.5 Å². The molecular formula is C36H41N3O. The van der Waals surface area contributed by atoms with Crippen LogP contribution in [0.15, 0.2) is 85.2 Å². The Hall–Kier alpha value is -3.76. The molecule has 0 saturated carbocycles. The van der Waals surface area contributed by atoms with Gasteiger partial charge in [0.05, 0.1) is 5.92 Å². The Kier molecular flexibility index (Phi) is 8.18. The summed E-state index contributed by atoms with van der Waals surface area (Å²) < 4.78 is 0. The lowest BCUT2D eigenvalue weighted by molar-refractivity contribution is 0.0662. The largest absolute Gasteiger partial charge is 0.388 e. The van der Waals surface area contributed by atoms with Gasteiger partial charge in [-0.2, -0.15) is 0 Å². The molecule has 0 amide bonds. The number of Topliss-reactive ketones (excluding diaryl/α,β-unsaturated/α-hetero) is 1. The van der Waals surface area contributed by atoms with E-state index in [1.54, 1.807) is 0 Å². The van der Waals surface area contributed by atoms with Crippen molar-refractivity contribution in [3.63, 3.8) is 0 Å². The van der Waals surface area contributed by atoms with Crippen LogP contribution < -0.4 is 5.32 Å². The number of carbonyl (C=O) groups excluding carboxylic acids is 1. The van der Waals surface area contributed by atoms with E-state index < -0.39 is 0 Å². The molecule has 5 rings (SSSR count). The average molecular weight is 532 g/mol. The molecule has 1 aliphatic rings. The Morgan fingerprint density at radius 2 is 1.55 bits per heavy atom. The summed E-state index contributed by atoms with van der Waals surface area (Å²) in [4.78, 5) is 21.2. The predicted octanol–water partition coefficient (Wildman–Crippen LogP) is 7.98. The minimum absolute atomic E-state index is 0.131. The first-order valence-corrected chi connectivity index (χ1v) is 14.4. The minimum Gasteiger partial charge on any atom is -0.388 e. The number of ketones is 1. The average Bonchev–Trinajstić information content (AvgIpc) is 2.97. The SMILES string of the molecule is CNc1ccc(C(C(=O)c2ccc(-c3ccncc3)cc2C)C2(C)CCN(Cc3ccc(C)c(C)c3)CC2)cc1. The van der Waals surface area contributed by atoms with Gasteiger partial charge in [0.1, 0.15) is 0 Å². The van der Waals surface area contributed by atoms with E-state index in [1.807, 2.05) is 37.6 Å². The molecule has 40 heavy (non-hydrogen) atoms. The van der Waals surface area contributed by atoms with E-state index >= 15 is 0 Å². The number of aryl methyl sites for hydroxylation is 3. The molecule has 1 N–H and O–H groups in total. The second-order valence-electron chi connectivity index (χ2n) is 11.8. The van der Waals surface area contributed by atoms with Crippen LogP contribution in [0.4, 0.5) is 5.69 Å². The summed E-state index contributed by atoms with van der Waals surface area (Å²) in [6.07, 6.45) is 5.58. The molecule has 1 aromatic heterocycles. The molecule has 206 valence electrons. The summed E-state index contributed by atoms with van der Waals surface area (Å²) in [5, 5.41) is 3.21. The second kappa shape index (κ2) is 11.8. The Morgan fingerprint density at radius 3 is 2.17 bits per heavy atom. The quantitative estimate of drug-likeness (QED) is 0.234. The highest BCUT2D eigenvalue weighted by molar-refractivity contribution is 6.03. The first kappa shape index (κ1) is 27.8. The van der Waals surface area contributed by atoms with Gasteiger partial charge in [-0.3, -0.25) is 14.7 Å². The third kappa shape index (κ3) is 5.88. The zero-order chi connectivity index (χ0) is 28.3. The van der Waals surface area contributed by atoms with Gasteiger partial charge < -0.3 is 5.32 Å². The number of nitrogens with one attached hydrogen (secondary N) is 1. The van der Waals surface area contributed by atoms with Crippen LogP contribution in [-0.4, -0.2) is 35.8 Å². The number of aromatic nitrogens is 1. The predicted molar refractivity (Wildman–Crippen MR) is 166 cm³/mol. The van der Waals surface area contributed by atoms with Gasteiger partial charge in [-0.1, -0.05) is 55.5 Å². The maximum Gasteiger partial charge on any atom is 0.171 e. The first-order valence-electron chi connectivity index (χ1n) is 14.4. The van der Waals surface area contributed by atoms with Crippen LogP contribution in [0.5, 0.6) is 0 Å². The number of anilines is 1. The molecule has 4 heteroatoms. The molecule has 0 bridgehead atoms. The molecule has 1 fully saturated rings. The highest BCUT2D eigenvalue weighted by Gasteiger charge is 2.42. The fraction of sp³-hybridized carbons (Fsp3) is 0.333. The van der Waals surface area contributed by atoms with Crippen molar-refractivity contribution in [3.05, 3.63) is 119 Å². The Balaban J connectivity index is 1.42. The highest BCUT2D eigenvalue weighted by atomic mass is 16.1. The maximum atomic E-state index is 14.5. The summed E-state index contributed by atoms with van der Waals surface area (Å²) in [5.41, 5.74) is 10.1. The fourth-order valence-corrected chi connectivity index (χ4v) is 6.20. The molecule has 4 nitrogen and oxygen atoms in total. The molecule has 3 aromatic carbocycles. The molecule has 1 saturated heterocycles. The van der Waals surface area contributed by atoms with Gasteiger partial charge in [0, 0.05) is 37.2 Å². The number of carbonyl (C=O) groups is 1. The van der Waals surface area contributed by atoms with Gasteiger partial charge in [0.25, 0.3) is 0 Å². The lowest BCUT2D eigenvalue weighted by Gasteiger charge is -2.44. The van der Waals surface area contributed by atoms with Crippen LogP contribution in [0.3, 0.4) is 0 Å². The van der Waals surface area contributed by atoms with Crippen LogP contribution in [0.2, 0.25) is 0 Å². The zero-order valence-corrected chi connectivity index (χ0v) is 24.5. The first-order chi connectivity index (χ1) is 19.3. The number of hydrogen-bond acceptors (Lipinski definition) is 4. The number of pyridine rings is 1. The van der Waals surface area contributed by atoms with E-state index in [0.717, 1.165) is 66.0 Å². The normalized spacial score (nSPS) is 15.9. The third-order valence-corrected chi connectivity index (χ3v) is 8.97. The summed E-state index contributed by atoms with van der Waals surface area (Å²) in [6, 6.07) is 25.5. The van der Waals surface area contributed by atoms with Gasteiger partial charge in [0.2, 0.25) is 0 Å². The maximum absolute atomic E-state index is 14.5. The smallest absolute Gasteiger partial charge is 0.171 e. The summed E-state index contributed by atoms with van der Waals surface area (Å²) in [7, 11) is 1.93. The van der Waals surface area contributed by atoms with Crippen LogP contribution in [0.1, 0.15) is 63.9 Å². The molecule has 0 radical (unpaired) electrons. The summed E-state index contributed by atoms with van der Waals surface area (Å²) in [5.74, 6) is 0.0220. The van der Waals surface area contributed by atoms with Crippen LogP contribution in [0, 0.1) is 26.2 Å². The van der Waals surface area contributed by atoms with Crippen LogP contribution in [-0.2, 0) is 6.54 Å². The molecule has 0 aliphatic carbocycles. The Bertz CT molecular complexity index is 1470. The van der Waals surface area contributed by atoms with Crippen molar-refractivity contribution in [2.24, 2.45) is 5.41 Å². The van der Waals surface area contributed by atoms with E-state index in [0.29, 0.717) is 0 Å². The summed E-state index contributed by atoms with van der Waals surface area (Å²) >= 11 is 0. The molecule has 1 aliphatic heterocycles. The Morgan fingerprint density at radius 1 is 0.850 bits per heavy atom. The number of hydrogen-bond donors (Lipinski definition) is 1. The third-order valence-electron chi connectivity index (χ3n) is 8.97. The van der Waals surface area contributed by atoms with Gasteiger partial charge in [0.15, 0.2) is 5.78 Å². The number of benzene rings is 3. The number of likely N-dealkylation sites (tertiary alicyclic amines) is 1. The van der Waals surface area contributed by atoms with Gasteiger partial charge in [-0.05, 0) is 115 Å². The monoisotopic (exact) mass is 531 g/mol. The molecular weight excluding hydrogens is 490 g/mol. The van der Waals surface area contributed by atoms with Crippen molar-refractivity contribution < 1.29 is 4.79 Å². The molecule has 1 unspecified atom stereocenters. The highest BCUT2D eigenvalue weighted by Crippen LogP contribution is 2.46. The lowest BCUT2D eigenvalue weighted by Crippen LogP contribution is -2.43. The van der Waals surface area contributed by atoms with Crippen molar-refractivity contribution in [2.45, 2.75) is 53.0 Å². The topological polar surface area (TPSA) is 45.2 Å². The minimum atomic E-state index is -0.201. The lowest BCUT2D eigenvalue weighted by atomic mass is 9.64. The van der Waals surface area contributed by atoms with Gasteiger partial charge in [-0.25, -0.2) is 0 Å². The van der Waals surface area contributed by atoms with E-state index in [1.165, 1.54) is 16.7 Å². The molecule has 2 heterocycles. The van der Waals surface area contributed by atoms with Crippen molar-refractivity contribution in [3.8, 4) is 11.1 Å². The molecule has 4 aromatic rings. The summed E-state index contributed by atoms with van der Waals surface area (Å²) in [6.45, 7) is 11.7. The Labute approximate surface area is 239 Å². The number of rotatable bonds is 8. The van der Waals surface area contributed by atoms with Crippen molar-refractivity contribution >= 4 is 11.5 Å². The second-order valence-corrected chi connectivity index (χ2v) is 11.8. The van der Waals surface area contributed by atoms with Gasteiger partial charge in [-0.15, -0.1) is 0 Å². The zero-order valence-electron chi connectivity index (χ0n) is 24.5. The van der Waals surface area contributed by atoms with Crippen LogP contribution in [0.25, 0.3) is 11.1 Å². The molecule has 0 spiro atoms. The number of nitrogens with zero attached hydrogens (tertiary/aromatic N) is 2. The van der Waals surface area contributed by atoms with Crippen molar-refractivity contribution in [2.75, 3.05) is 25.5 Å². The fourth-order valence-electron chi connectivity index (χ4n) is 6.20. The van der Waals surface area contributed by atoms with Crippen molar-refractivity contribution in [1.29, 1.82) is 0 Å². The van der Waals surface area contributed by atoms with E-state index in [4.69, 9.17) is 0 Å². The van der Waals surface area contributed by atoms with Crippen molar-refractivity contribution in [1.82, 2.24) is 9.88 Å².